The van der Waals surface area contributed by atoms with Gasteiger partial charge in [-0.3, -0.25) is 9.69 Å². The van der Waals surface area contributed by atoms with Crippen molar-refractivity contribution in [1.29, 1.82) is 0 Å². The van der Waals surface area contributed by atoms with Crippen LogP contribution in [-0.4, -0.2) is 29.1 Å². The molecule has 106 valence electrons. The van der Waals surface area contributed by atoms with Gasteiger partial charge in [-0.25, -0.2) is 0 Å². The van der Waals surface area contributed by atoms with E-state index in [1.165, 1.54) is 0 Å². The van der Waals surface area contributed by atoms with E-state index in [0.717, 1.165) is 18.4 Å². The predicted octanol–water partition coefficient (Wildman–Crippen LogP) is 3.98. The van der Waals surface area contributed by atoms with Gasteiger partial charge in [0.1, 0.15) is 6.04 Å². The molecule has 1 aromatic carbocycles. The Kier molecular flexibility index (Phi) is 6.32. The van der Waals surface area contributed by atoms with Crippen molar-refractivity contribution >= 4 is 17.6 Å². The van der Waals surface area contributed by atoms with Gasteiger partial charge in [-0.1, -0.05) is 43.5 Å². The molecule has 0 aliphatic carbocycles. The summed E-state index contributed by atoms with van der Waals surface area (Å²) in [6.07, 6.45) is 2.60. The van der Waals surface area contributed by atoms with Gasteiger partial charge in [0.05, 0.1) is 0 Å². The zero-order valence-electron chi connectivity index (χ0n) is 11.8. The van der Waals surface area contributed by atoms with Gasteiger partial charge in [0.2, 0.25) is 0 Å². The summed E-state index contributed by atoms with van der Waals surface area (Å²) in [6, 6.07) is 7.16. The minimum atomic E-state index is -0.759. The van der Waals surface area contributed by atoms with Gasteiger partial charge in [0.25, 0.3) is 0 Å². The molecule has 1 rings (SSSR count). The Balaban J connectivity index is 2.83. The van der Waals surface area contributed by atoms with E-state index < -0.39 is 12.0 Å². The Bertz CT molecular complexity index is 422. The van der Waals surface area contributed by atoms with E-state index >= 15 is 0 Å². The molecule has 0 spiro atoms. The molecule has 0 saturated heterocycles. The van der Waals surface area contributed by atoms with E-state index in [-0.39, 0.29) is 6.04 Å². The molecule has 0 radical (unpaired) electrons. The lowest BCUT2D eigenvalue weighted by Crippen LogP contribution is -2.40. The molecule has 2 unspecified atom stereocenters. The van der Waals surface area contributed by atoms with Gasteiger partial charge in [0.15, 0.2) is 0 Å². The summed E-state index contributed by atoms with van der Waals surface area (Å²) in [5.74, 6) is -0.759. The van der Waals surface area contributed by atoms with Crippen LogP contribution in [0, 0.1) is 0 Å². The van der Waals surface area contributed by atoms with Crippen LogP contribution in [0.4, 0.5) is 0 Å². The van der Waals surface area contributed by atoms with Crippen molar-refractivity contribution in [3.05, 3.63) is 34.9 Å². The third kappa shape index (κ3) is 4.51. The maximum atomic E-state index is 11.4. The number of halogens is 1. The van der Waals surface area contributed by atoms with Crippen LogP contribution < -0.4 is 0 Å². The molecule has 0 aliphatic heterocycles. The number of unbranched alkanes of at least 4 members (excludes halogenated alkanes) is 1. The first kappa shape index (κ1) is 16.0. The molecule has 0 heterocycles. The highest BCUT2D eigenvalue weighted by molar-refractivity contribution is 6.30. The number of carbonyl (C=O) groups is 1. The smallest absolute Gasteiger partial charge is 0.320 e. The second kappa shape index (κ2) is 7.51. The van der Waals surface area contributed by atoms with Crippen LogP contribution in [0.1, 0.15) is 44.7 Å². The average molecular weight is 284 g/mol. The fraction of sp³-hybridized carbons (Fsp3) is 0.533. The van der Waals surface area contributed by atoms with Crippen molar-refractivity contribution in [2.75, 3.05) is 7.05 Å². The first-order valence-electron chi connectivity index (χ1n) is 6.67. The number of nitrogens with zero attached hydrogens (tertiary/aromatic N) is 1. The van der Waals surface area contributed by atoms with Gasteiger partial charge >= 0.3 is 5.97 Å². The Hall–Kier alpha value is -1.06. The fourth-order valence-corrected chi connectivity index (χ4v) is 2.37. The molecule has 0 amide bonds. The van der Waals surface area contributed by atoms with E-state index in [1.807, 2.05) is 43.1 Å². The lowest BCUT2D eigenvalue weighted by molar-refractivity contribution is -0.143. The van der Waals surface area contributed by atoms with Crippen LogP contribution in [0.2, 0.25) is 5.02 Å². The Morgan fingerprint density at radius 1 is 1.47 bits per heavy atom. The highest BCUT2D eigenvalue weighted by Crippen LogP contribution is 2.25. The molecule has 0 saturated carbocycles. The van der Waals surface area contributed by atoms with Crippen molar-refractivity contribution in [3.63, 3.8) is 0 Å². The molecule has 2 atom stereocenters. The summed E-state index contributed by atoms with van der Waals surface area (Å²) in [7, 11) is 1.86. The molecule has 0 aliphatic rings. The Morgan fingerprint density at radius 2 is 2.16 bits per heavy atom. The minimum absolute atomic E-state index is 0.0247. The molecular weight excluding hydrogens is 262 g/mol. The number of carboxylic acid groups (broad SMARTS) is 1. The molecular formula is C15H22ClNO2. The van der Waals surface area contributed by atoms with E-state index in [9.17, 15) is 9.90 Å². The number of hydrogen-bond donors (Lipinski definition) is 1. The van der Waals surface area contributed by atoms with Gasteiger partial charge in [-0.15, -0.1) is 0 Å². The second-order valence-electron chi connectivity index (χ2n) is 4.89. The van der Waals surface area contributed by atoms with Gasteiger partial charge < -0.3 is 5.11 Å². The summed E-state index contributed by atoms with van der Waals surface area (Å²) in [4.78, 5) is 13.3. The molecule has 3 nitrogen and oxygen atoms in total. The van der Waals surface area contributed by atoms with Crippen LogP contribution in [0.5, 0.6) is 0 Å². The fourth-order valence-electron chi connectivity index (χ4n) is 2.17. The second-order valence-corrected chi connectivity index (χ2v) is 5.33. The molecule has 0 aromatic heterocycles. The third-order valence-electron chi connectivity index (χ3n) is 3.55. The maximum Gasteiger partial charge on any atom is 0.320 e. The van der Waals surface area contributed by atoms with Crippen molar-refractivity contribution in [3.8, 4) is 0 Å². The average Bonchev–Trinajstić information content (AvgIpc) is 2.37. The predicted molar refractivity (Wildman–Crippen MR) is 78.6 cm³/mol. The van der Waals surface area contributed by atoms with E-state index in [0.29, 0.717) is 11.4 Å². The summed E-state index contributed by atoms with van der Waals surface area (Å²) in [5, 5.41) is 10.0. The number of aliphatic carboxylic acids is 1. The zero-order valence-corrected chi connectivity index (χ0v) is 12.5. The van der Waals surface area contributed by atoms with Crippen LogP contribution in [0.25, 0.3) is 0 Å². The highest BCUT2D eigenvalue weighted by atomic mass is 35.5. The number of hydrogen-bond acceptors (Lipinski definition) is 2. The molecule has 0 bridgehead atoms. The largest absolute Gasteiger partial charge is 0.480 e. The van der Waals surface area contributed by atoms with Crippen LogP contribution in [0.15, 0.2) is 24.3 Å². The van der Waals surface area contributed by atoms with Crippen LogP contribution in [0.3, 0.4) is 0 Å². The normalized spacial score (nSPS) is 14.4. The van der Waals surface area contributed by atoms with Crippen LogP contribution in [-0.2, 0) is 4.79 Å². The van der Waals surface area contributed by atoms with Crippen molar-refractivity contribution in [2.24, 2.45) is 0 Å². The lowest BCUT2D eigenvalue weighted by Gasteiger charge is -2.31. The van der Waals surface area contributed by atoms with Crippen LogP contribution >= 0.6 is 11.6 Å². The van der Waals surface area contributed by atoms with Crippen molar-refractivity contribution in [1.82, 2.24) is 4.90 Å². The summed E-state index contributed by atoms with van der Waals surface area (Å²) >= 11 is 5.98. The topological polar surface area (TPSA) is 40.5 Å². The van der Waals surface area contributed by atoms with Gasteiger partial charge in [-0.05, 0) is 38.1 Å². The zero-order chi connectivity index (χ0) is 14.4. The van der Waals surface area contributed by atoms with Crippen molar-refractivity contribution < 1.29 is 9.90 Å². The van der Waals surface area contributed by atoms with E-state index in [2.05, 4.69) is 6.92 Å². The SMILES string of the molecule is CCCCC(C(=O)O)N(C)C(C)c1cccc(Cl)c1. The number of likely N-dealkylation sites (N-methyl/N-ethyl adjacent to an activating group) is 1. The van der Waals surface area contributed by atoms with E-state index in [4.69, 9.17) is 11.6 Å². The molecule has 1 N–H and O–H groups in total. The lowest BCUT2D eigenvalue weighted by atomic mass is 10.0. The van der Waals surface area contributed by atoms with E-state index in [1.54, 1.807) is 0 Å². The first-order valence-corrected chi connectivity index (χ1v) is 7.05. The molecule has 19 heavy (non-hydrogen) atoms. The maximum absolute atomic E-state index is 11.4. The Labute approximate surface area is 120 Å². The number of carboxylic acids is 1. The number of rotatable bonds is 7. The minimum Gasteiger partial charge on any atom is -0.480 e. The first-order chi connectivity index (χ1) is 8.97. The third-order valence-corrected chi connectivity index (χ3v) is 3.78. The molecule has 4 heteroatoms. The standard InChI is InChI=1S/C15H22ClNO2/c1-4-5-9-14(15(18)19)17(3)11(2)12-7-6-8-13(16)10-12/h6-8,10-11,14H,4-5,9H2,1-3H3,(H,18,19). The van der Waals surface area contributed by atoms with Gasteiger partial charge in [0, 0.05) is 11.1 Å². The summed E-state index contributed by atoms with van der Waals surface area (Å²) in [5.41, 5.74) is 1.04. The highest BCUT2D eigenvalue weighted by Gasteiger charge is 2.26. The van der Waals surface area contributed by atoms with Gasteiger partial charge in [-0.2, -0.15) is 0 Å². The Morgan fingerprint density at radius 3 is 2.68 bits per heavy atom. The summed E-state index contributed by atoms with van der Waals surface area (Å²) in [6.45, 7) is 4.08. The van der Waals surface area contributed by atoms with Crippen molar-refractivity contribution in [2.45, 2.75) is 45.2 Å². The quantitative estimate of drug-likeness (QED) is 0.823. The summed E-state index contributed by atoms with van der Waals surface area (Å²) < 4.78 is 0. The molecule has 0 fully saturated rings. The monoisotopic (exact) mass is 283 g/mol. The number of benzene rings is 1. The molecule has 1 aromatic rings.